The van der Waals surface area contributed by atoms with Gasteiger partial charge >= 0.3 is 0 Å². The molecule has 8 heteroatoms. The predicted molar refractivity (Wildman–Crippen MR) is 94.2 cm³/mol. The molecular weight excluding hydrogens is 342 g/mol. The van der Waals surface area contributed by atoms with Crippen molar-refractivity contribution in [2.45, 2.75) is 18.1 Å². The highest BCUT2D eigenvalue weighted by atomic mass is 32.2. The van der Waals surface area contributed by atoms with Crippen LogP contribution in [0.25, 0.3) is 0 Å². The molecule has 1 aromatic heterocycles. The Morgan fingerprint density at radius 3 is 2.68 bits per heavy atom. The largest absolute Gasteiger partial charge is 0.493 e. The van der Waals surface area contributed by atoms with Crippen molar-refractivity contribution in [1.82, 2.24) is 14.9 Å². The first-order chi connectivity index (χ1) is 12.1. The predicted octanol–water partition coefficient (Wildman–Crippen LogP) is 1.46. The summed E-state index contributed by atoms with van der Waals surface area (Å²) in [6.07, 6.45) is 2.20. The van der Waals surface area contributed by atoms with E-state index in [0.717, 1.165) is 12.0 Å². The van der Waals surface area contributed by atoms with E-state index in [9.17, 15) is 9.59 Å². The average molecular weight is 361 g/mol. The Kier molecular flexibility index (Phi) is 5.28. The van der Waals surface area contributed by atoms with Gasteiger partial charge in [0.15, 0.2) is 16.7 Å². The third-order valence-electron chi connectivity index (χ3n) is 4.05. The van der Waals surface area contributed by atoms with Crippen LogP contribution in [0.5, 0.6) is 11.5 Å². The van der Waals surface area contributed by atoms with Crippen molar-refractivity contribution >= 4 is 17.7 Å². The number of thioether (sulfide) groups is 1. The lowest BCUT2D eigenvalue weighted by Gasteiger charge is -2.29. The number of benzene rings is 1. The van der Waals surface area contributed by atoms with Crippen molar-refractivity contribution in [3.05, 3.63) is 45.9 Å². The molecular formula is C17H19N3O4S. The third-order valence-corrected chi connectivity index (χ3v) is 4.92. The lowest BCUT2D eigenvalue weighted by atomic mass is 9.99. The molecule has 1 aliphatic rings. The van der Waals surface area contributed by atoms with Crippen molar-refractivity contribution in [3.63, 3.8) is 0 Å². The second kappa shape index (κ2) is 7.60. The van der Waals surface area contributed by atoms with Crippen molar-refractivity contribution in [2.75, 3.05) is 26.5 Å². The van der Waals surface area contributed by atoms with E-state index in [0.29, 0.717) is 29.7 Å². The van der Waals surface area contributed by atoms with Gasteiger partial charge in [-0.25, -0.2) is 4.98 Å². The monoisotopic (exact) mass is 361 g/mol. The van der Waals surface area contributed by atoms with Gasteiger partial charge in [0.2, 0.25) is 5.91 Å². The molecule has 1 aliphatic heterocycles. The number of ether oxygens (including phenoxy) is 2. The Bertz CT molecular complexity index is 837. The van der Waals surface area contributed by atoms with Gasteiger partial charge in [-0.2, -0.15) is 0 Å². The molecule has 0 radical (unpaired) electrons. The molecule has 0 aliphatic carbocycles. The zero-order valence-corrected chi connectivity index (χ0v) is 14.9. The molecule has 1 N–H and O–H groups in total. The van der Waals surface area contributed by atoms with Gasteiger partial charge in [0.1, 0.15) is 0 Å². The van der Waals surface area contributed by atoms with Gasteiger partial charge < -0.3 is 19.4 Å². The summed E-state index contributed by atoms with van der Waals surface area (Å²) < 4.78 is 10.7. The number of rotatable bonds is 5. The fraction of sp³-hybridized carbons (Fsp3) is 0.353. The van der Waals surface area contributed by atoms with Crippen LogP contribution in [0.2, 0.25) is 0 Å². The van der Waals surface area contributed by atoms with E-state index in [-0.39, 0.29) is 17.2 Å². The molecule has 0 unspecified atom stereocenters. The molecule has 2 aromatic rings. The van der Waals surface area contributed by atoms with E-state index in [1.807, 2.05) is 17.0 Å². The van der Waals surface area contributed by atoms with Crippen LogP contribution >= 0.6 is 11.8 Å². The quantitative estimate of drug-likeness (QED) is 0.641. The van der Waals surface area contributed by atoms with E-state index in [2.05, 4.69) is 9.97 Å². The first-order valence-electron chi connectivity index (χ1n) is 7.80. The smallest absolute Gasteiger partial charge is 0.251 e. The molecule has 0 fully saturated rings. The van der Waals surface area contributed by atoms with E-state index in [1.165, 1.54) is 29.6 Å². The van der Waals surface area contributed by atoms with Crippen LogP contribution in [0.3, 0.4) is 0 Å². The van der Waals surface area contributed by atoms with Gasteiger partial charge in [0, 0.05) is 25.4 Å². The lowest BCUT2D eigenvalue weighted by molar-refractivity contribution is -0.129. The molecule has 0 spiro atoms. The fourth-order valence-electron chi connectivity index (χ4n) is 2.74. The van der Waals surface area contributed by atoms with Crippen LogP contribution in [0.1, 0.15) is 11.1 Å². The van der Waals surface area contributed by atoms with Crippen molar-refractivity contribution < 1.29 is 14.3 Å². The van der Waals surface area contributed by atoms with Gasteiger partial charge in [-0.05, 0) is 29.7 Å². The number of fused-ring (bicyclic) bond motifs is 1. The number of hydrogen-bond donors (Lipinski definition) is 1. The van der Waals surface area contributed by atoms with Gasteiger partial charge in [-0.1, -0.05) is 11.8 Å². The second-order valence-corrected chi connectivity index (χ2v) is 6.53. The maximum atomic E-state index is 12.5. The van der Waals surface area contributed by atoms with E-state index in [4.69, 9.17) is 9.47 Å². The minimum Gasteiger partial charge on any atom is -0.493 e. The number of nitrogens with one attached hydrogen (secondary N) is 1. The van der Waals surface area contributed by atoms with E-state index < -0.39 is 0 Å². The second-order valence-electron chi connectivity index (χ2n) is 5.57. The van der Waals surface area contributed by atoms with Crippen LogP contribution in [0, 0.1) is 0 Å². The number of aromatic nitrogens is 2. The van der Waals surface area contributed by atoms with Crippen molar-refractivity contribution in [1.29, 1.82) is 0 Å². The fourth-order valence-corrected chi connectivity index (χ4v) is 3.49. The molecule has 3 rings (SSSR count). The van der Waals surface area contributed by atoms with E-state index in [1.54, 1.807) is 14.2 Å². The van der Waals surface area contributed by atoms with Gasteiger partial charge in [-0.3, -0.25) is 9.59 Å². The van der Waals surface area contributed by atoms with Gasteiger partial charge in [0.25, 0.3) is 5.56 Å². The standard InChI is InChI=1S/C17H19N3O4S/c1-23-13-7-11-4-6-20(9-12(11)8-14(13)24-2)16(22)10-25-17-18-5-3-15(21)19-17/h3,5,7-8H,4,6,9-10H2,1-2H3,(H,18,19,21). The maximum absolute atomic E-state index is 12.5. The summed E-state index contributed by atoms with van der Waals surface area (Å²) >= 11 is 1.23. The third kappa shape index (κ3) is 3.96. The Labute approximate surface area is 149 Å². The van der Waals surface area contributed by atoms with Crippen LogP contribution in [-0.4, -0.2) is 47.3 Å². The Balaban J connectivity index is 1.67. The van der Waals surface area contributed by atoms with Crippen molar-refractivity contribution in [2.24, 2.45) is 0 Å². The maximum Gasteiger partial charge on any atom is 0.251 e. The molecule has 1 amide bonds. The van der Waals surface area contributed by atoms with Gasteiger partial charge in [0.05, 0.1) is 20.0 Å². The number of aromatic amines is 1. The Hall–Kier alpha value is -2.48. The number of hydrogen-bond acceptors (Lipinski definition) is 6. The molecule has 132 valence electrons. The van der Waals surface area contributed by atoms with Gasteiger partial charge in [-0.15, -0.1) is 0 Å². The number of amides is 1. The van der Waals surface area contributed by atoms with Crippen LogP contribution in [0.4, 0.5) is 0 Å². The molecule has 2 heterocycles. The first kappa shape index (κ1) is 17.3. The number of methoxy groups -OCH3 is 2. The minimum absolute atomic E-state index is 0.0111. The minimum atomic E-state index is -0.224. The first-order valence-corrected chi connectivity index (χ1v) is 8.79. The summed E-state index contributed by atoms with van der Waals surface area (Å²) in [5.41, 5.74) is 2.01. The number of H-pyrrole nitrogens is 1. The topological polar surface area (TPSA) is 84.5 Å². The molecule has 0 saturated carbocycles. The number of nitrogens with zero attached hydrogens (tertiary/aromatic N) is 2. The summed E-state index contributed by atoms with van der Waals surface area (Å²) in [7, 11) is 3.21. The molecule has 7 nitrogen and oxygen atoms in total. The highest BCUT2D eigenvalue weighted by molar-refractivity contribution is 7.99. The van der Waals surface area contributed by atoms with Crippen molar-refractivity contribution in [3.8, 4) is 11.5 Å². The molecule has 1 aromatic carbocycles. The zero-order valence-electron chi connectivity index (χ0n) is 14.1. The summed E-state index contributed by atoms with van der Waals surface area (Å²) in [5.74, 6) is 1.61. The normalized spacial score (nSPS) is 13.3. The zero-order chi connectivity index (χ0) is 17.8. The summed E-state index contributed by atoms with van der Waals surface area (Å²) in [4.78, 5) is 32.2. The van der Waals surface area contributed by atoms with Crippen LogP contribution in [-0.2, 0) is 17.8 Å². The molecule has 0 saturated heterocycles. The Morgan fingerprint density at radius 2 is 2.00 bits per heavy atom. The SMILES string of the molecule is COc1cc2c(cc1OC)CN(C(=O)CSc1nccc(=O)[nH]1)CC2. The highest BCUT2D eigenvalue weighted by Crippen LogP contribution is 2.33. The van der Waals surface area contributed by atoms with Crippen LogP contribution in [0.15, 0.2) is 34.3 Å². The van der Waals surface area contributed by atoms with Crippen LogP contribution < -0.4 is 15.0 Å². The molecule has 25 heavy (non-hydrogen) atoms. The lowest BCUT2D eigenvalue weighted by Crippen LogP contribution is -2.37. The number of carbonyl (C=O) groups is 1. The Morgan fingerprint density at radius 1 is 1.28 bits per heavy atom. The summed E-state index contributed by atoms with van der Waals surface area (Å²) in [6, 6.07) is 5.25. The molecule has 0 atom stereocenters. The van der Waals surface area contributed by atoms with E-state index >= 15 is 0 Å². The summed E-state index contributed by atoms with van der Waals surface area (Å²) in [6.45, 7) is 1.19. The summed E-state index contributed by atoms with van der Waals surface area (Å²) in [5, 5.41) is 0.449. The highest BCUT2D eigenvalue weighted by Gasteiger charge is 2.23. The number of carbonyl (C=O) groups excluding carboxylic acids is 1. The average Bonchev–Trinajstić information content (AvgIpc) is 2.64. The molecule has 0 bridgehead atoms.